The highest BCUT2D eigenvalue weighted by Gasteiger charge is 2.43. The van der Waals surface area contributed by atoms with Crippen LogP contribution < -0.4 is 16.3 Å². The van der Waals surface area contributed by atoms with Crippen molar-refractivity contribution >= 4 is 29.4 Å². The molecule has 0 unspecified atom stereocenters. The zero-order valence-electron chi connectivity index (χ0n) is 24.3. The normalized spacial score (nSPS) is 22.8. The number of nitrogens with zero attached hydrogens (tertiary/aromatic N) is 3. The summed E-state index contributed by atoms with van der Waals surface area (Å²) >= 11 is 6.62. The van der Waals surface area contributed by atoms with E-state index in [4.69, 9.17) is 32.7 Å². The van der Waals surface area contributed by atoms with Crippen molar-refractivity contribution in [1.29, 1.82) is 0 Å². The highest BCUT2D eigenvalue weighted by atomic mass is 35.5. The molecule has 1 saturated carbocycles. The predicted octanol–water partition coefficient (Wildman–Crippen LogP) is 2.92. The van der Waals surface area contributed by atoms with E-state index in [1.165, 1.54) is 7.11 Å². The average molecular weight is 628 g/mol. The van der Waals surface area contributed by atoms with Crippen molar-refractivity contribution in [3.8, 4) is 5.75 Å². The number of likely N-dealkylation sites (tertiary alicyclic amines) is 1. The van der Waals surface area contributed by atoms with Crippen LogP contribution in [0.25, 0.3) is 0 Å². The molecule has 1 aromatic carbocycles. The molecule has 0 radical (unpaired) electrons. The van der Waals surface area contributed by atoms with Gasteiger partial charge in [0.15, 0.2) is 0 Å². The molecule has 11 nitrogen and oxygen atoms in total. The highest BCUT2D eigenvalue weighted by Crippen LogP contribution is 2.43. The second-order valence-corrected chi connectivity index (χ2v) is 11.6. The van der Waals surface area contributed by atoms with Gasteiger partial charge in [-0.2, -0.15) is 0 Å². The molecular weight excluding hydrogens is 588 g/mol. The number of alkyl halides is 2. The summed E-state index contributed by atoms with van der Waals surface area (Å²) in [5, 5.41) is 11.1. The van der Waals surface area contributed by atoms with Crippen LogP contribution in [0.5, 0.6) is 5.75 Å². The first-order valence-corrected chi connectivity index (χ1v) is 15.0. The molecule has 43 heavy (non-hydrogen) atoms. The first-order chi connectivity index (χ1) is 20.5. The highest BCUT2D eigenvalue weighted by molar-refractivity contribution is 6.31. The van der Waals surface area contributed by atoms with Crippen LogP contribution in [0, 0.1) is 11.8 Å². The summed E-state index contributed by atoms with van der Waals surface area (Å²) in [6.07, 6.45) is 0.857. The van der Waals surface area contributed by atoms with E-state index in [9.17, 15) is 28.3 Å². The molecule has 238 valence electrons. The summed E-state index contributed by atoms with van der Waals surface area (Å²) < 4.78 is 38.8. The molecule has 1 aromatic rings. The molecule has 0 aromatic heterocycles. The van der Waals surface area contributed by atoms with E-state index in [1.54, 1.807) is 21.9 Å². The van der Waals surface area contributed by atoms with Gasteiger partial charge in [0.05, 0.1) is 36.7 Å². The van der Waals surface area contributed by atoms with Crippen molar-refractivity contribution in [3.63, 3.8) is 0 Å². The van der Waals surface area contributed by atoms with Crippen LogP contribution in [0.2, 0.25) is 5.02 Å². The predicted molar refractivity (Wildman–Crippen MR) is 154 cm³/mol. The third kappa shape index (κ3) is 7.32. The van der Waals surface area contributed by atoms with E-state index < -0.39 is 42.6 Å². The summed E-state index contributed by atoms with van der Waals surface area (Å²) in [5.41, 5.74) is 6.47. The van der Waals surface area contributed by atoms with Crippen LogP contribution in [0.4, 0.5) is 8.78 Å². The van der Waals surface area contributed by atoms with Gasteiger partial charge in [0.2, 0.25) is 11.8 Å². The number of carbonyl (C=O) groups is 3. The summed E-state index contributed by atoms with van der Waals surface area (Å²) in [5.74, 6) is 3.31. The molecule has 3 aliphatic rings. The maximum atomic E-state index is 14.1. The van der Waals surface area contributed by atoms with Crippen LogP contribution in [0.3, 0.4) is 0 Å². The smallest absolute Gasteiger partial charge is 0.307 e. The SMILES string of the molecule is COCCN(N)/C(=C(\N)COc1ccc(Cl)c2c1[C@@H](CN1CCCC1=O)N(C(=O)[C@@H]1CCCC[C@@H]1C(=O)O)CC2)C(F)F. The number of fused-ring (bicyclic) bond motifs is 1. The topological polar surface area (TPSA) is 152 Å². The number of carboxylic acids is 1. The molecule has 2 aliphatic heterocycles. The molecule has 3 atom stereocenters. The van der Waals surface area contributed by atoms with Gasteiger partial charge in [0.1, 0.15) is 18.1 Å². The lowest BCUT2D eigenvalue weighted by atomic mass is 9.77. The lowest BCUT2D eigenvalue weighted by molar-refractivity contribution is -0.154. The van der Waals surface area contributed by atoms with Crippen LogP contribution in [-0.2, 0) is 25.5 Å². The molecule has 1 saturated heterocycles. The van der Waals surface area contributed by atoms with E-state index in [2.05, 4.69) is 0 Å². The van der Waals surface area contributed by atoms with Gasteiger partial charge < -0.3 is 35.1 Å². The van der Waals surface area contributed by atoms with Crippen molar-refractivity contribution in [2.75, 3.05) is 46.5 Å². The van der Waals surface area contributed by atoms with Crippen LogP contribution >= 0.6 is 11.6 Å². The number of carboxylic acid groups (broad SMARTS) is 1. The molecule has 4 rings (SSSR count). The maximum absolute atomic E-state index is 14.1. The molecule has 0 spiro atoms. The number of amides is 2. The number of methoxy groups -OCH3 is 1. The second kappa shape index (κ2) is 14.5. The van der Waals surface area contributed by atoms with Gasteiger partial charge in [0.25, 0.3) is 6.43 Å². The van der Waals surface area contributed by atoms with Gasteiger partial charge >= 0.3 is 5.97 Å². The Hall–Kier alpha value is -3.16. The summed E-state index contributed by atoms with van der Waals surface area (Å²) in [4.78, 5) is 42.2. The fraction of sp³-hybridized carbons (Fsp3) is 0.621. The number of benzene rings is 1. The number of nitrogens with two attached hydrogens (primary N) is 2. The Morgan fingerprint density at radius 3 is 2.51 bits per heavy atom. The number of halogens is 3. The number of hydrogen-bond donors (Lipinski definition) is 3. The summed E-state index contributed by atoms with van der Waals surface area (Å²) in [6, 6.07) is 2.54. The molecule has 0 bridgehead atoms. The van der Waals surface area contributed by atoms with Crippen LogP contribution in [0.15, 0.2) is 23.5 Å². The molecule has 2 heterocycles. The zero-order valence-corrected chi connectivity index (χ0v) is 25.0. The minimum absolute atomic E-state index is 0.0191. The van der Waals surface area contributed by atoms with E-state index in [0.717, 1.165) is 23.4 Å². The minimum atomic E-state index is -2.97. The number of hydrazine groups is 1. The van der Waals surface area contributed by atoms with E-state index in [1.807, 2.05) is 0 Å². The monoisotopic (exact) mass is 627 g/mol. The fourth-order valence-electron chi connectivity index (χ4n) is 6.39. The van der Waals surface area contributed by atoms with Gasteiger partial charge in [-0.25, -0.2) is 14.6 Å². The number of aliphatic carboxylic acids is 1. The Kier molecular flexibility index (Phi) is 11.1. The Morgan fingerprint density at radius 2 is 1.88 bits per heavy atom. The van der Waals surface area contributed by atoms with Crippen LogP contribution in [-0.4, -0.2) is 90.6 Å². The van der Waals surface area contributed by atoms with Crippen molar-refractivity contribution in [1.82, 2.24) is 14.8 Å². The molecule has 1 aliphatic carbocycles. The lowest BCUT2D eigenvalue weighted by Crippen LogP contribution is -2.50. The number of ether oxygens (including phenoxy) is 2. The summed E-state index contributed by atoms with van der Waals surface area (Å²) in [6.45, 7) is 0.627. The third-order valence-electron chi connectivity index (χ3n) is 8.58. The molecule has 5 N–H and O–H groups in total. The molecule has 14 heteroatoms. The zero-order chi connectivity index (χ0) is 31.3. The lowest BCUT2D eigenvalue weighted by Gasteiger charge is -2.43. The Balaban J connectivity index is 1.70. The van der Waals surface area contributed by atoms with Gasteiger partial charge in [-0.05, 0) is 43.4 Å². The Bertz CT molecular complexity index is 1230. The molecular formula is C29H40ClF2N5O6. The first kappa shape index (κ1) is 32.7. The van der Waals surface area contributed by atoms with Gasteiger partial charge in [-0.1, -0.05) is 24.4 Å². The number of carbonyl (C=O) groups excluding carboxylic acids is 2. The number of rotatable bonds is 12. The first-order valence-electron chi connectivity index (χ1n) is 14.6. The minimum Gasteiger partial charge on any atom is -0.487 e. The summed E-state index contributed by atoms with van der Waals surface area (Å²) in [7, 11) is 1.42. The van der Waals surface area contributed by atoms with Crippen LogP contribution in [0.1, 0.15) is 55.7 Å². The van der Waals surface area contributed by atoms with Gasteiger partial charge in [-0.3, -0.25) is 14.4 Å². The number of hydrogen-bond acceptors (Lipinski definition) is 8. The van der Waals surface area contributed by atoms with Crippen molar-refractivity contribution in [3.05, 3.63) is 39.7 Å². The van der Waals surface area contributed by atoms with Crippen molar-refractivity contribution in [2.24, 2.45) is 23.4 Å². The molecule has 2 amide bonds. The quantitative estimate of drug-likeness (QED) is 0.235. The van der Waals surface area contributed by atoms with E-state index in [0.29, 0.717) is 49.2 Å². The second-order valence-electron chi connectivity index (χ2n) is 11.2. The van der Waals surface area contributed by atoms with E-state index >= 15 is 0 Å². The average Bonchev–Trinajstić information content (AvgIpc) is 3.39. The van der Waals surface area contributed by atoms with E-state index in [-0.39, 0.29) is 49.5 Å². The Morgan fingerprint density at radius 1 is 1.16 bits per heavy atom. The van der Waals surface area contributed by atoms with Crippen molar-refractivity contribution in [2.45, 2.75) is 57.4 Å². The fourth-order valence-corrected chi connectivity index (χ4v) is 6.65. The standard InChI is InChI=1S/C29H40ClF2N5O6/c1-42-14-13-37(34)26(27(31)32)21(33)16-43-23-9-8-20(30)19-10-12-36(22(25(19)23)15-35-11-4-7-24(35)38)28(39)17-5-2-3-6-18(17)29(40)41/h8-9,17-18,22,27H,2-7,10-16,33-34H2,1H3,(H,40,41)/b26-21-/t17-,18+,22-/m1/s1. The van der Waals surface area contributed by atoms with Crippen molar-refractivity contribution < 1.29 is 37.7 Å². The van der Waals surface area contributed by atoms with Gasteiger partial charge in [0, 0.05) is 43.8 Å². The third-order valence-corrected chi connectivity index (χ3v) is 8.94. The largest absolute Gasteiger partial charge is 0.487 e. The number of allylic oxidation sites excluding steroid dienone is 1. The Labute approximate surface area is 254 Å². The maximum Gasteiger partial charge on any atom is 0.307 e. The molecule has 2 fully saturated rings. The van der Waals surface area contributed by atoms with Gasteiger partial charge in [-0.15, -0.1) is 0 Å².